The summed E-state index contributed by atoms with van der Waals surface area (Å²) in [6, 6.07) is 0. The summed E-state index contributed by atoms with van der Waals surface area (Å²) < 4.78 is 1.18. The van der Waals surface area contributed by atoms with Crippen molar-refractivity contribution in [3.05, 3.63) is 16.3 Å². The molecule has 0 atom stereocenters. The van der Waals surface area contributed by atoms with Crippen LogP contribution < -0.4 is 10.6 Å². The number of aliphatic hydroxyl groups is 1. The van der Waals surface area contributed by atoms with Crippen LogP contribution in [0.4, 0.5) is 11.4 Å². The summed E-state index contributed by atoms with van der Waals surface area (Å²) >= 11 is 5.54. The highest BCUT2D eigenvalue weighted by Crippen LogP contribution is 2.38. The zero-order chi connectivity index (χ0) is 16.3. The van der Waals surface area contributed by atoms with Gasteiger partial charge in [0.15, 0.2) is 0 Å². The van der Waals surface area contributed by atoms with Crippen LogP contribution in [0.2, 0.25) is 0 Å². The van der Waals surface area contributed by atoms with Crippen LogP contribution in [-0.2, 0) is 9.59 Å². The highest BCUT2D eigenvalue weighted by atomic mass is 127. The number of carboxylic acids is 1. The summed E-state index contributed by atoms with van der Waals surface area (Å²) in [7, 11) is 0. The van der Waals surface area contributed by atoms with Gasteiger partial charge in [0.05, 0.1) is 27.6 Å². The largest absolute Gasteiger partial charge is 0.478 e. The Kier molecular flexibility index (Phi) is 7.05. The zero-order valence-electron chi connectivity index (χ0n) is 10.5. The molecular formula is C11H9I3N2O5. The average molecular weight is 630 g/mol. The predicted octanol–water partition coefficient (Wildman–Crippen LogP) is 2.09. The molecule has 0 unspecified atom stereocenters. The molecular weight excluding hydrogens is 621 g/mol. The number of amides is 2. The number of hydrogen-bond acceptors (Lipinski definition) is 4. The summed E-state index contributed by atoms with van der Waals surface area (Å²) in [5.74, 6) is -2.20. The van der Waals surface area contributed by atoms with Crippen LogP contribution in [0, 0.1) is 10.7 Å². The van der Waals surface area contributed by atoms with Gasteiger partial charge < -0.3 is 20.8 Å². The fourth-order valence-corrected chi connectivity index (χ4v) is 5.59. The van der Waals surface area contributed by atoms with Crippen molar-refractivity contribution in [2.45, 2.75) is 6.92 Å². The first-order valence-electron chi connectivity index (χ1n) is 5.32. The van der Waals surface area contributed by atoms with Gasteiger partial charge in [0.2, 0.25) is 11.8 Å². The van der Waals surface area contributed by atoms with Gasteiger partial charge in [0.25, 0.3) is 0 Å². The topological polar surface area (TPSA) is 116 Å². The lowest BCUT2D eigenvalue weighted by molar-refractivity contribution is -0.118. The first-order chi connectivity index (χ1) is 9.70. The van der Waals surface area contributed by atoms with Gasteiger partial charge >= 0.3 is 5.97 Å². The van der Waals surface area contributed by atoms with Crippen molar-refractivity contribution in [2.24, 2.45) is 0 Å². The van der Waals surface area contributed by atoms with Crippen LogP contribution in [0.5, 0.6) is 0 Å². The Morgan fingerprint density at radius 1 is 1.00 bits per heavy atom. The Morgan fingerprint density at radius 2 is 1.48 bits per heavy atom. The number of anilines is 2. The molecule has 114 valence electrons. The van der Waals surface area contributed by atoms with E-state index >= 15 is 0 Å². The molecule has 1 aromatic rings. The molecule has 10 heteroatoms. The third-order valence-electron chi connectivity index (χ3n) is 2.24. The molecule has 0 fully saturated rings. The minimum atomic E-state index is -1.17. The summed E-state index contributed by atoms with van der Waals surface area (Å²) in [4.78, 5) is 34.1. The van der Waals surface area contributed by atoms with Crippen LogP contribution in [0.3, 0.4) is 0 Å². The van der Waals surface area contributed by atoms with Gasteiger partial charge in [-0.2, -0.15) is 0 Å². The minimum Gasteiger partial charge on any atom is -0.478 e. The van der Waals surface area contributed by atoms with Crippen molar-refractivity contribution in [2.75, 3.05) is 17.2 Å². The molecule has 2 amide bonds. The molecule has 7 nitrogen and oxygen atoms in total. The van der Waals surface area contributed by atoms with Crippen molar-refractivity contribution >= 4 is 96.9 Å². The second kappa shape index (κ2) is 7.87. The number of rotatable bonds is 4. The van der Waals surface area contributed by atoms with E-state index in [4.69, 9.17) is 5.11 Å². The lowest BCUT2D eigenvalue weighted by Crippen LogP contribution is -2.21. The van der Waals surface area contributed by atoms with Gasteiger partial charge in [-0.3, -0.25) is 9.59 Å². The zero-order valence-corrected chi connectivity index (χ0v) is 16.9. The van der Waals surface area contributed by atoms with Gasteiger partial charge in [0.1, 0.15) is 6.61 Å². The fraction of sp³-hybridized carbons (Fsp3) is 0.182. The summed E-state index contributed by atoms with van der Waals surface area (Å²) in [5, 5.41) is 23.1. The number of aliphatic hydroxyl groups excluding tert-OH is 1. The van der Waals surface area contributed by atoms with E-state index in [1.54, 1.807) is 0 Å². The third-order valence-corrected chi connectivity index (χ3v) is 5.48. The number of nitrogens with one attached hydrogen (secondary N) is 2. The number of aromatic carboxylic acids is 1. The third kappa shape index (κ3) is 4.38. The van der Waals surface area contributed by atoms with Crippen LogP contribution in [0.15, 0.2) is 0 Å². The minimum absolute atomic E-state index is 0.0198. The second-order valence-electron chi connectivity index (χ2n) is 3.76. The SMILES string of the molecule is CC(=O)Nc1c(I)c(NC(=O)CO)c(I)c(C(=O)O)c1I. The molecule has 1 aromatic carbocycles. The van der Waals surface area contributed by atoms with Crippen LogP contribution in [0.1, 0.15) is 17.3 Å². The normalized spacial score (nSPS) is 10.1. The van der Waals surface area contributed by atoms with Crippen molar-refractivity contribution in [1.82, 2.24) is 0 Å². The van der Waals surface area contributed by atoms with Gasteiger partial charge in [-0.1, -0.05) is 0 Å². The summed E-state index contributed by atoms with van der Waals surface area (Å²) in [6.45, 7) is 0.576. The lowest BCUT2D eigenvalue weighted by atomic mass is 10.1. The van der Waals surface area contributed by atoms with Crippen molar-refractivity contribution in [3.8, 4) is 0 Å². The molecule has 0 aliphatic carbocycles. The first-order valence-corrected chi connectivity index (χ1v) is 8.56. The predicted molar refractivity (Wildman–Crippen MR) is 102 cm³/mol. The van der Waals surface area contributed by atoms with Crippen LogP contribution in [-0.4, -0.2) is 34.6 Å². The van der Waals surface area contributed by atoms with E-state index in [1.807, 2.05) is 67.8 Å². The van der Waals surface area contributed by atoms with Crippen molar-refractivity contribution in [1.29, 1.82) is 0 Å². The monoisotopic (exact) mass is 630 g/mol. The molecule has 0 saturated carbocycles. The maximum atomic E-state index is 11.4. The van der Waals surface area contributed by atoms with E-state index in [2.05, 4.69) is 10.6 Å². The Hall–Kier alpha value is -0.220. The number of hydrogen-bond donors (Lipinski definition) is 4. The Bertz CT molecular complexity index is 633. The molecule has 0 saturated heterocycles. The highest BCUT2D eigenvalue weighted by Gasteiger charge is 2.25. The lowest BCUT2D eigenvalue weighted by Gasteiger charge is -2.18. The number of benzene rings is 1. The van der Waals surface area contributed by atoms with E-state index in [0.29, 0.717) is 16.4 Å². The second-order valence-corrected chi connectivity index (χ2v) is 7.00. The molecule has 0 aliphatic heterocycles. The quantitative estimate of drug-likeness (QED) is 0.381. The molecule has 0 bridgehead atoms. The molecule has 0 spiro atoms. The van der Waals surface area contributed by atoms with E-state index in [1.165, 1.54) is 6.92 Å². The van der Waals surface area contributed by atoms with Gasteiger partial charge in [0, 0.05) is 6.92 Å². The number of carbonyl (C=O) groups is 3. The molecule has 0 aromatic heterocycles. The fourth-order valence-electron chi connectivity index (χ4n) is 1.43. The Labute approximate surface area is 160 Å². The van der Waals surface area contributed by atoms with E-state index in [0.717, 1.165) is 0 Å². The molecule has 21 heavy (non-hydrogen) atoms. The van der Waals surface area contributed by atoms with Crippen molar-refractivity contribution < 1.29 is 24.6 Å². The Balaban J connectivity index is 3.62. The standard InChI is InChI=1S/C11H9I3N2O5/c1-3(18)15-9-6(12)5(11(20)21)7(13)10(8(9)14)16-4(19)2-17/h17H,2H2,1H3,(H,15,18)(H,16,19)(H,20,21). The number of halogens is 3. The van der Waals surface area contributed by atoms with Crippen LogP contribution in [0.25, 0.3) is 0 Å². The van der Waals surface area contributed by atoms with Gasteiger partial charge in [-0.25, -0.2) is 4.79 Å². The summed E-state index contributed by atoms with van der Waals surface area (Å²) in [6.07, 6.45) is 0. The van der Waals surface area contributed by atoms with E-state index in [9.17, 15) is 19.5 Å². The van der Waals surface area contributed by atoms with Crippen LogP contribution >= 0.6 is 67.8 Å². The average Bonchev–Trinajstić information content (AvgIpc) is 2.38. The molecule has 0 heterocycles. The smallest absolute Gasteiger partial charge is 0.338 e. The maximum Gasteiger partial charge on any atom is 0.338 e. The summed E-state index contributed by atoms with van der Waals surface area (Å²) in [5.41, 5.74) is 0.542. The Morgan fingerprint density at radius 3 is 1.86 bits per heavy atom. The molecule has 4 N–H and O–H groups in total. The molecule has 0 aliphatic rings. The maximum absolute atomic E-state index is 11.4. The van der Waals surface area contributed by atoms with Gasteiger partial charge in [-0.15, -0.1) is 0 Å². The van der Waals surface area contributed by atoms with E-state index < -0.39 is 18.5 Å². The van der Waals surface area contributed by atoms with E-state index in [-0.39, 0.29) is 17.2 Å². The van der Waals surface area contributed by atoms with Crippen molar-refractivity contribution in [3.63, 3.8) is 0 Å². The number of carbonyl (C=O) groups excluding carboxylic acids is 2. The highest BCUT2D eigenvalue weighted by molar-refractivity contribution is 14.1. The molecule has 1 rings (SSSR count). The molecule has 0 radical (unpaired) electrons. The number of carboxylic acid groups (broad SMARTS) is 1. The first kappa shape index (κ1) is 18.8. The van der Waals surface area contributed by atoms with Gasteiger partial charge in [-0.05, 0) is 67.8 Å².